The predicted molar refractivity (Wildman–Crippen MR) is 45.4 cm³/mol. The van der Waals surface area contributed by atoms with Gasteiger partial charge in [0.05, 0.1) is 9.90 Å². The highest BCUT2D eigenvalue weighted by Gasteiger charge is 1.98. The van der Waals surface area contributed by atoms with E-state index in [9.17, 15) is 0 Å². The van der Waals surface area contributed by atoms with Gasteiger partial charge in [0.25, 0.3) is 0 Å². The Labute approximate surface area is 68.4 Å². The van der Waals surface area contributed by atoms with Crippen molar-refractivity contribution in [3.05, 3.63) is 15.7 Å². The van der Waals surface area contributed by atoms with Gasteiger partial charge in [-0.3, -0.25) is 0 Å². The van der Waals surface area contributed by atoms with E-state index in [-0.39, 0.29) is 0 Å². The van der Waals surface area contributed by atoms with Crippen LogP contribution < -0.4 is 0 Å². The summed E-state index contributed by atoms with van der Waals surface area (Å²) in [6.45, 7) is 5.16. The summed E-state index contributed by atoms with van der Waals surface area (Å²) in [5, 5.41) is 0. The number of imidazole rings is 1. The lowest BCUT2D eigenvalue weighted by Crippen LogP contribution is -1.98. The van der Waals surface area contributed by atoms with E-state index in [4.69, 9.17) is 0 Å². The Balaban J connectivity index is 3.07. The molecule has 0 aromatic carbocycles. The molecule has 0 spiro atoms. The molecule has 1 rings (SSSR count). The molecule has 1 aromatic heterocycles. The zero-order valence-electron chi connectivity index (χ0n) is 5.56. The second-order valence-electron chi connectivity index (χ2n) is 1.87. The lowest BCUT2D eigenvalue weighted by Gasteiger charge is -1.99. The Morgan fingerprint density at radius 2 is 2.44 bits per heavy atom. The van der Waals surface area contributed by atoms with Gasteiger partial charge in [-0.1, -0.05) is 0 Å². The van der Waals surface area contributed by atoms with E-state index in [0.717, 1.165) is 12.4 Å². The van der Waals surface area contributed by atoms with Crippen molar-refractivity contribution in [3.8, 4) is 0 Å². The number of hydrogen-bond acceptors (Lipinski definition) is 1. The van der Waals surface area contributed by atoms with Crippen LogP contribution in [0.4, 0.5) is 0 Å². The molecule has 0 fully saturated rings. The van der Waals surface area contributed by atoms with Crippen LogP contribution in [0.25, 0.3) is 0 Å². The van der Waals surface area contributed by atoms with Crippen LogP contribution in [0, 0.1) is 10.6 Å². The van der Waals surface area contributed by atoms with E-state index in [1.54, 1.807) is 0 Å². The molecule has 50 valence electrons. The maximum absolute atomic E-state index is 4.14. The summed E-state index contributed by atoms with van der Waals surface area (Å²) in [6, 6.07) is 0. The van der Waals surface area contributed by atoms with Crippen molar-refractivity contribution in [2.45, 2.75) is 20.4 Å². The molecular formula is C6H9IN2. The average molecular weight is 236 g/mol. The van der Waals surface area contributed by atoms with Gasteiger partial charge < -0.3 is 4.57 Å². The maximum atomic E-state index is 4.14. The lowest BCUT2D eigenvalue weighted by molar-refractivity contribution is 0.714. The zero-order valence-corrected chi connectivity index (χ0v) is 7.71. The summed E-state index contributed by atoms with van der Waals surface area (Å²) < 4.78 is 3.38. The molecule has 9 heavy (non-hydrogen) atoms. The Morgan fingerprint density at radius 1 is 1.78 bits per heavy atom. The van der Waals surface area contributed by atoms with Gasteiger partial charge in [-0.25, -0.2) is 4.98 Å². The molecule has 1 aromatic rings. The molecular weight excluding hydrogens is 227 g/mol. The second-order valence-corrected chi connectivity index (χ2v) is 2.98. The first kappa shape index (κ1) is 7.05. The third-order valence-corrected chi connectivity index (χ3v) is 2.18. The number of aromatic nitrogens is 2. The third kappa shape index (κ3) is 1.26. The monoisotopic (exact) mass is 236 g/mol. The van der Waals surface area contributed by atoms with E-state index in [2.05, 4.69) is 39.1 Å². The van der Waals surface area contributed by atoms with Gasteiger partial charge in [0.1, 0.15) is 5.82 Å². The highest BCUT2D eigenvalue weighted by atomic mass is 127. The number of hydrogen-bond donors (Lipinski definition) is 0. The van der Waals surface area contributed by atoms with Gasteiger partial charge in [0.15, 0.2) is 0 Å². The van der Waals surface area contributed by atoms with Crippen molar-refractivity contribution >= 4 is 22.6 Å². The van der Waals surface area contributed by atoms with E-state index < -0.39 is 0 Å². The molecule has 1 heterocycles. The van der Waals surface area contributed by atoms with Crippen LogP contribution in [0.3, 0.4) is 0 Å². The third-order valence-electron chi connectivity index (χ3n) is 1.32. The molecule has 0 aliphatic rings. The summed E-state index contributed by atoms with van der Waals surface area (Å²) in [6.07, 6.45) is 1.89. The molecule has 0 bridgehead atoms. The fourth-order valence-electron chi connectivity index (χ4n) is 0.821. The van der Waals surface area contributed by atoms with E-state index >= 15 is 0 Å². The Hall–Kier alpha value is -0.0600. The number of rotatable bonds is 1. The SMILES string of the molecule is CCn1c(I)cnc1C. The quantitative estimate of drug-likeness (QED) is 0.680. The van der Waals surface area contributed by atoms with Gasteiger partial charge in [0, 0.05) is 6.54 Å². The van der Waals surface area contributed by atoms with Crippen LogP contribution in [-0.2, 0) is 6.54 Å². The van der Waals surface area contributed by atoms with Gasteiger partial charge in [-0.2, -0.15) is 0 Å². The molecule has 0 saturated carbocycles. The molecule has 0 amide bonds. The molecule has 0 saturated heterocycles. The van der Waals surface area contributed by atoms with Gasteiger partial charge >= 0.3 is 0 Å². The van der Waals surface area contributed by atoms with Crippen molar-refractivity contribution in [2.75, 3.05) is 0 Å². The second kappa shape index (κ2) is 2.68. The van der Waals surface area contributed by atoms with Crippen molar-refractivity contribution < 1.29 is 0 Å². The van der Waals surface area contributed by atoms with Crippen LogP contribution in [0.1, 0.15) is 12.7 Å². The lowest BCUT2D eigenvalue weighted by atomic mass is 10.6. The van der Waals surface area contributed by atoms with Crippen molar-refractivity contribution in [1.29, 1.82) is 0 Å². The van der Waals surface area contributed by atoms with Crippen LogP contribution in [0.15, 0.2) is 6.20 Å². The summed E-state index contributed by atoms with van der Waals surface area (Å²) >= 11 is 2.28. The molecule has 3 heteroatoms. The van der Waals surface area contributed by atoms with Crippen LogP contribution in [0.5, 0.6) is 0 Å². The standard InChI is InChI=1S/C6H9IN2/c1-3-9-5(2)8-4-6(9)7/h4H,3H2,1-2H3. The van der Waals surface area contributed by atoms with E-state index in [1.807, 2.05) is 13.1 Å². The minimum Gasteiger partial charge on any atom is -0.324 e. The molecule has 0 N–H and O–H groups in total. The molecule has 0 radical (unpaired) electrons. The van der Waals surface area contributed by atoms with Crippen LogP contribution >= 0.6 is 22.6 Å². The highest BCUT2D eigenvalue weighted by molar-refractivity contribution is 14.1. The Kier molecular flexibility index (Phi) is 2.10. The first-order valence-corrected chi connectivity index (χ1v) is 4.01. The van der Waals surface area contributed by atoms with Gasteiger partial charge in [0.2, 0.25) is 0 Å². The number of nitrogens with zero attached hydrogens (tertiary/aromatic N) is 2. The highest BCUT2D eigenvalue weighted by Crippen LogP contribution is 2.06. The van der Waals surface area contributed by atoms with Crippen molar-refractivity contribution in [1.82, 2.24) is 9.55 Å². The molecule has 0 aliphatic heterocycles. The summed E-state index contributed by atoms with van der Waals surface area (Å²) in [4.78, 5) is 4.14. The summed E-state index contributed by atoms with van der Waals surface area (Å²) in [5.41, 5.74) is 0. The van der Waals surface area contributed by atoms with Crippen molar-refractivity contribution in [2.24, 2.45) is 0 Å². The molecule has 2 nitrogen and oxygen atoms in total. The summed E-state index contributed by atoms with van der Waals surface area (Å²) in [5.74, 6) is 1.10. The largest absolute Gasteiger partial charge is 0.324 e. The van der Waals surface area contributed by atoms with Crippen molar-refractivity contribution in [3.63, 3.8) is 0 Å². The number of halogens is 1. The van der Waals surface area contributed by atoms with Gasteiger partial charge in [-0.15, -0.1) is 0 Å². The number of aryl methyl sites for hydroxylation is 1. The van der Waals surface area contributed by atoms with E-state index in [1.165, 1.54) is 3.70 Å². The topological polar surface area (TPSA) is 17.8 Å². The van der Waals surface area contributed by atoms with Crippen LogP contribution in [0.2, 0.25) is 0 Å². The average Bonchev–Trinajstić information content (AvgIpc) is 2.12. The zero-order chi connectivity index (χ0) is 6.85. The fourth-order valence-corrected chi connectivity index (χ4v) is 1.65. The molecule has 0 unspecified atom stereocenters. The first-order chi connectivity index (χ1) is 4.25. The fraction of sp³-hybridized carbons (Fsp3) is 0.500. The minimum atomic E-state index is 1.02. The Morgan fingerprint density at radius 3 is 2.67 bits per heavy atom. The normalized spacial score (nSPS) is 10.1. The summed E-state index contributed by atoms with van der Waals surface area (Å²) in [7, 11) is 0. The van der Waals surface area contributed by atoms with Gasteiger partial charge in [-0.05, 0) is 36.4 Å². The molecule has 0 aliphatic carbocycles. The minimum absolute atomic E-state index is 1.02. The molecule has 0 atom stereocenters. The van der Waals surface area contributed by atoms with E-state index in [0.29, 0.717) is 0 Å². The maximum Gasteiger partial charge on any atom is 0.106 e. The first-order valence-electron chi connectivity index (χ1n) is 2.93. The predicted octanol–water partition coefficient (Wildman–Crippen LogP) is 1.82. The van der Waals surface area contributed by atoms with Crippen LogP contribution in [-0.4, -0.2) is 9.55 Å². The Bertz CT molecular complexity index is 185. The smallest absolute Gasteiger partial charge is 0.106 e.